The van der Waals surface area contributed by atoms with E-state index in [0.29, 0.717) is 6.07 Å². The lowest BCUT2D eigenvalue weighted by Gasteiger charge is -2.11. The second-order valence-corrected chi connectivity index (χ2v) is 8.31. The predicted octanol–water partition coefficient (Wildman–Crippen LogP) is 5.63. The van der Waals surface area contributed by atoms with Gasteiger partial charge in [0.2, 0.25) is 0 Å². The number of para-hydroxylation sites is 1. The predicted molar refractivity (Wildman–Crippen MR) is 107 cm³/mol. The van der Waals surface area contributed by atoms with Crippen LogP contribution < -0.4 is 4.72 Å². The van der Waals surface area contributed by atoms with Crippen molar-refractivity contribution in [2.45, 2.75) is 24.5 Å². The van der Waals surface area contributed by atoms with Gasteiger partial charge in [-0.1, -0.05) is 24.3 Å². The van der Waals surface area contributed by atoms with Gasteiger partial charge in [0, 0.05) is 34.0 Å². The maximum Gasteiger partial charge on any atom is 0.416 e. The topological polar surface area (TPSA) is 51.1 Å². The molecule has 4 nitrogen and oxygen atoms in total. The number of nitrogens with zero attached hydrogens (tertiary/aromatic N) is 1. The van der Waals surface area contributed by atoms with Gasteiger partial charge in [-0.3, -0.25) is 4.72 Å². The molecule has 150 valence electrons. The van der Waals surface area contributed by atoms with Crippen molar-refractivity contribution in [1.29, 1.82) is 0 Å². The summed E-state index contributed by atoms with van der Waals surface area (Å²) in [7, 11) is -4.17. The number of hydrogen-bond acceptors (Lipinski definition) is 2. The minimum atomic E-state index is -4.62. The van der Waals surface area contributed by atoms with Crippen LogP contribution in [0.3, 0.4) is 0 Å². The Morgan fingerprint density at radius 2 is 1.62 bits per heavy atom. The first-order chi connectivity index (χ1) is 13.7. The van der Waals surface area contributed by atoms with Crippen molar-refractivity contribution in [3.63, 3.8) is 0 Å². The van der Waals surface area contributed by atoms with E-state index in [1.165, 1.54) is 0 Å². The Labute approximate surface area is 165 Å². The van der Waals surface area contributed by atoms with Gasteiger partial charge in [-0.15, -0.1) is 0 Å². The highest BCUT2D eigenvalue weighted by Crippen LogP contribution is 2.33. The van der Waals surface area contributed by atoms with Crippen molar-refractivity contribution >= 4 is 37.5 Å². The molecule has 0 saturated carbocycles. The molecule has 0 fully saturated rings. The molecule has 0 aliphatic carbocycles. The van der Waals surface area contributed by atoms with Gasteiger partial charge in [-0.2, -0.15) is 13.2 Å². The molecule has 0 bridgehead atoms. The molecule has 29 heavy (non-hydrogen) atoms. The molecule has 4 aromatic rings. The number of anilines is 1. The van der Waals surface area contributed by atoms with Crippen LogP contribution in [-0.4, -0.2) is 13.0 Å². The van der Waals surface area contributed by atoms with Crippen LogP contribution in [0.25, 0.3) is 21.8 Å². The van der Waals surface area contributed by atoms with Crippen LogP contribution in [0.5, 0.6) is 0 Å². The maximum absolute atomic E-state index is 12.9. The molecule has 0 radical (unpaired) electrons. The summed E-state index contributed by atoms with van der Waals surface area (Å²) >= 11 is 0. The zero-order chi connectivity index (χ0) is 20.8. The Morgan fingerprint density at radius 3 is 2.34 bits per heavy atom. The summed E-state index contributed by atoms with van der Waals surface area (Å²) in [6, 6.07) is 16.6. The molecule has 0 aliphatic rings. The Morgan fingerprint density at radius 1 is 0.897 bits per heavy atom. The first-order valence-corrected chi connectivity index (χ1v) is 10.4. The van der Waals surface area contributed by atoms with Crippen molar-refractivity contribution in [1.82, 2.24) is 4.57 Å². The van der Waals surface area contributed by atoms with Crippen LogP contribution in [0.1, 0.15) is 12.5 Å². The van der Waals surface area contributed by atoms with E-state index in [4.69, 9.17) is 0 Å². The highest BCUT2D eigenvalue weighted by atomic mass is 32.2. The average Bonchev–Trinajstić information content (AvgIpc) is 3.00. The van der Waals surface area contributed by atoms with E-state index in [1.807, 2.05) is 37.3 Å². The molecule has 0 atom stereocenters. The van der Waals surface area contributed by atoms with Crippen molar-refractivity contribution in [2.24, 2.45) is 0 Å². The molecule has 0 saturated heterocycles. The lowest BCUT2D eigenvalue weighted by Crippen LogP contribution is -2.14. The van der Waals surface area contributed by atoms with Gasteiger partial charge in [0.1, 0.15) is 0 Å². The smallest absolute Gasteiger partial charge is 0.341 e. The molecular formula is C21H17F3N2O2S. The third kappa shape index (κ3) is 3.44. The van der Waals surface area contributed by atoms with E-state index < -0.39 is 26.7 Å². The minimum absolute atomic E-state index is 0.286. The molecule has 1 N–H and O–H groups in total. The van der Waals surface area contributed by atoms with Crippen LogP contribution >= 0.6 is 0 Å². The van der Waals surface area contributed by atoms with E-state index in [9.17, 15) is 21.6 Å². The van der Waals surface area contributed by atoms with Gasteiger partial charge in [0.05, 0.1) is 10.5 Å². The lowest BCUT2D eigenvalue weighted by atomic mass is 10.1. The van der Waals surface area contributed by atoms with Gasteiger partial charge >= 0.3 is 6.18 Å². The Hall–Kier alpha value is -3.00. The number of halogens is 3. The van der Waals surface area contributed by atoms with Gasteiger partial charge in [0.25, 0.3) is 10.0 Å². The zero-order valence-electron chi connectivity index (χ0n) is 15.4. The number of benzene rings is 3. The molecule has 1 heterocycles. The normalized spacial score (nSPS) is 12.6. The molecule has 0 unspecified atom stereocenters. The maximum atomic E-state index is 12.9. The van der Waals surface area contributed by atoms with Gasteiger partial charge in [0.15, 0.2) is 0 Å². The van der Waals surface area contributed by atoms with E-state index in [2.05, 4.69) is 9.29 Å². The number of fused-ring (bicyclic) bond motifs is 3. The van der Waals surface area contributed by atoms with Crippen LogP contribution in [-0.2, 0) is 22.7 Å². The van der Waals surface area contributed by atoms with Gasteiger partial charge in [-0.05, 0) is 49.4 Å². The Balaban J connectivity index is 1.77. The number of hydrogen-bond donors (Lipinski definition) is 1. The van der Waals surface area contributed by atoms with Crippen molar-refractivity contribution in [3.05, 3.63) is 72.3 Å². The lowest BCUT2D eigenvalue weighted by molar-refractivity contribution is -0.137. The number of alkyl halides is 3. The fourth-order valence-corrected chi connectivity index (χ4v) is 4.61. The fourth-order valence-electron chi connectivity index (χ4n) is 3.51. The molecule has 1 aromatic heterocycles. The summed E-state index contributed by atoms with van der Waals surface area (Å²) in [4.78, 5) is -0.441. The number of aromatic nitrogens is 1. The molecule has 3 aromatic carbocycles. The highest BCUT2D eigenvalue weighted by molar-refractivity contribution is 7.92. The largest absolute Gasteiger partial charge is 0.416 e. The SMILES string of the molecule is CCn1c2ccccc2c2cc(NS(=O)(=O)c3cccc(C(F)(F)F)c3)ccc21. The monoisotopic (exact) mass is 418 g/mol. The Kier molecular flexibility index (Phi) is 4.53. The quantitative estimate of drug-likeness (QED) is 0.467. The molecule has 0 amide bonds. The second kappa shape index (κ2) is 6.81. The summed E-state index contributed by atoms with van der Waals surface area (Å²) in [6.07, 6.45) is -4.62. The zero-order valence-corrected chi connectivity index (χ0v) is 16.2. The number of aryl methyl sites for hydroxylation is 1. The summed E-state index contributed by atoms with van der Waals surface area (Å²) in [5.41, 5.74) is 1.26. The van der Waals surface area contributed by atoms with Crippen LogP contribution in [0.15, 0.2) is 71.6 Å². The number of rotatable bonds is 4. The summed E-state index contributed by atoms with van der Waals surface area (Å²) < 4.78 is 68.6. The van der Waals surface area contributed by atoms with E-state index >= 15 is 0 Å². The molecule has 0 spiro atoms. The summed E-state index contributed by atoms with van der Waals surface area (Å²) in [5.74, 6) is 0. The van der Waals surface area contributed by atoms with Crippen LogP contribution in [0, 0.1) is 0 Å². The van der Waals surface area contributed by atoms with Gasteiger partial charge in [-0.25, -0.2) is 8.42 Å². The fraction of sp³-hybridized carbons (Fsp3) is 0.143. The number of nitrogens with one attached hydrogen (secondary N) is 1. The van der Waals surface area contributed by atoms with Crippen LogP contribution in [0.2, 0.25) is 0 Å². The second-order valence-electron chi connectivity index (χ2n) is 6.62. The first-order valence-electron chi connectivity index (χ1n) is 8.92. The standard InChI is InChI=1S/C21H17F3N2O2S/c1-2-26-19-9-4-3-8-17(19)18-13-15(10-11-20(18)26)25-29(27,28)16-7-5-6-14(12-16)21(22,23)24/h3-13,25H,2H2,1H3. The van der Waals surface area contributed by atoms with Crippen molar-refractivity contribution in [2.75, 3.05) is 4.72 Å². The third-order valence-electron chi connectivity index (χ3n) is 4.81. The third-order valence-corrected chi connectivity index (χ3v) is 6.19. The van der Waals surface area contributed by atoms with E-state index in [-0.39, 0.29) is 5.69 Å². The number of sulfonamides is 1. The molecule has 8 heteroatoms. The first kappa shape index (κ1) is 19.3. The van der Waals surface area contributed by atoms with Crippen molar-refractivity contribution in [3.8, 4) is 0 Å². The Bertz CT molecular complexity index is 1330. The van der Waals surface area contributed by atoms with E-state index in [0.717, 1.165) is 46.5 Å². The highest BCUT2D eigenvalue weighted by Gasteiger charge is 2.31. The average molecular weight is 418 g/mol. The molecule has 4 rings (SSSR count). The summed E-state index contributed by atoms with van der Waals surface area (Å²) in [6.45, 7) is 2.77. The molecular weight excluding hydrogens is 401 g/mol. The minimum Gasteiger partial charge on any atom is -0.341 e. The van der Waals surface area contributed by atoms with E-state index in [1.54, 1.807) is 12.1 Å². The van der Waals surface area contributed by atoms with Gasteiger partial charge < -0.3 is 4.57 Å². The summed E-state index contributed by atoms with van der Waals surface area (Å²) in [5, 5.41) is 1.84. The molecule has 0 aliphatic heterocycles. The van der Waals surface area contributed by atoms with Crippen molar-refractivity contribution < 1.29 is 21.6 Å². The van der Waals surface area contributed by atoms with Crippen LogP contribution in [0.4, 0.5) is 18.9 Å².